The van der Waals surface area contributed by atoms with Crippen molar-refractivity contribution in [1.82, 2.24) is 9.88 Å². The molecule has 1 aliphatic rings. The van der Waals surface area contributed by atoms with Crippen LogP contribution in [0.3, 0.4) is 0 Å². The van der Waals surface area contributed by atoms with Crippen molar-refractivity contribution in [3.8, 4) is 0 Å². The molecular formula is C19H19BrN2. The van der Waals surface area contributed by atoms with E-state index in [1.54, 1.807) is 0 Å². The molecule has 1 aromatic heterocycles. The highest BCUT2D eigenvalue weighted by molar-refractivity contribution is 9.10. The Balaban J connectivity index is 1.68. The molecule has 1 N–H and O–H groups in total. The summed E-state index contributed by atoms with van der Waals surface area (Å²) in [6, 6.07) is 17.3. The summed E-state index contributed by atoms with van der Waals surface area (Å²) < 4.78 is 1.16. The van der Waals surface area contributed by atoms with Crippen molar-refractivity contribution >= 4 is 26.8 Å². The number of nitrogens with zero attached hydrogens (tertiary/aromatic N) is 1. The Morgan fingerprint density at radius 1 is 1.05 bits per heavy atom. The summed E-state index contributed by atoms with van der Waals surface area (Å²) in [6.45, 7) is 3.22. The third kappa shape index (κ3) is 2.59. The lowest BCUT2D eigenvalue weighted by Crippen LogP contribution is -2.22. The number of benzene rings is 2. The molecule has 2 aromatic carbocycles. The van der Waals surface area contributed by atoms with Crippen molar-refractivity contribution < 1.29 is 0 Å². The average molecular weight is 355 g/mol. The molecule has 0 radical (unpaired) electrons. The number of rotatable bonds is 2. The number of aryl methyl sites for hydroxylation is 1. The van der Waals surface area contributed by atoms with Gasteiger partial charge < -0.3 is 4.98 Å². The van der Waals surface area contributed by atoms with Crippen molar-refractivity contribution in [3.05, 3.63) is 69.8 Å². The molecule has 1 aliphatic heterocycles. The van der Waals surface area contributed by atoms with Crippen LogP contribution < -0.4 is 0 Å². The van der Waals surface area contributed by atoms with Gasteiger partial charge in [-0.1, -0.05) is 42.5 Å². The normalized spacial score (nSPS) is 15.7. The summed E-state index contributed by atoms with van der Waals surface area (Å²) in [5.41, 5.74) is 5.53. The Kier molecular flexibility index (Phi) is 3.77. The van der Waals surface area contributed by atoms with E-state index in [1.165, 1.54) is 34.1 Å². The molecule has 0 spiro atoms. The first kappa shape index (κ1) is 14.0. The highest BCUT2D eigenvalue weighted by Gasteiger charge is 2.19. The van der Waals surface area contributed by atoms with Gasteiger partial charge in [-0.3, -0.25) is 4.90 Å². The number of halogens is 1. The van der Waals surface area contributed by atoms with Gasteiger partial charge in [0.1, 0.15) is 0 Å². The van der Waals surface area contributed by atoms with Crippen LogP contribution in [0.2, 0.25) is 0 Å². The van der Waals surface area contributed by atoms with Gasteiger partial charge in [-0.25, -0.2) is 0 Å². The fourth-order valence-corrected chi connectivity index (χ4v) is 3.91. The first-order valence-electron chi connectivity index (χ1n) is 7.85. The SMILES string of the molecule is Brc1cccc2c3c([nH]c12)CCCN(Cc1ccccc1)C3. The van der Waals surface area contributed by atoms with Gasteiger partial charge >= 0.3 is 0 Å². The van der Waals surface area contributed by atoms with Crippen molar-refractivity contribution in [2.75, 3.05) is 6.54 Å². The monoisotopic (exact) mass is 354 g/mol. The van der Waals surface area contributed by atoms with Crippen LogP contribution in [0.25, 0.3) is 10.9 Å². The maximum Gasteiger partial charge on any atom is 0.0603 e. The minimum atomic E-state index is 1.03. The fourth-order valence-electron chi connectivity index (χ4n) is 3.44. The lowest BCUT2D eigenvalue weighted by Gasteiger charge is -2.20. The third-order valence-electron chi connectivity index (χ3n) is 4.51. The van der Waals surface area contributed by atoms with Crippen LogP contribution in [0, 0.1) is 0 Å². The molecular weight excluding hydrogens is 336 g/mol. The predicted octanol–water partition coefficient (Wildman–Crippen LogP) is 4.88. The third-order valence-corrected chi connectivity index (χ3v) is 5.17. The van der Waals surface area contributed by atoms with Crippen LogP contribution in [0.15, 0.2) is 53.0 Å². The summed E-state index contributed by atoms with van der Waals surface area (Å²) in [5, 5.41) is 1.37. The molecule has 0 unspecified atom stereocenters. The molecule has 4 rings (SSSR count). The lowest BCUT2D eigenvalue weighted by atomic mass is 10.1. The largest absolute Gasteiger partial charge is 0.357 e. The molecule has 0 saturated carbocycles. The topological polar surface area (TPSA) is 19.0 Å². The van der Waals surface area contributed by atoms with Gasteiger partial charge in [0.25, 0.3) is 0 Å². The molecule has 0 atom stereocenters. The fraction of sp³-hybridized carbons (Fsp3) is 0.263. The van der Waals surface area contributed by atoms with Crippen LogP contribution in [-0.2, 0) is 19.5 Å². The van der Waals surface area contributed by atoms with Crippen LogP contribution in [-0.4, -0.2) is 16.4 Å². The zero-order valence-electron chi connectivity index (χ0n) is 12.5. The van der Waals surface area contributed by atoms with Crippen LogP contribution in [0.1, 0.15) is 23.2 Å². The highest BCUT2D eigenvalue weighted by Crippen LogP contribution is 2.31. The van der Waals surface area contributed by atoms with Gasteiger partial charge in [0.05, 0.1) is 5.52 Å². The maximum absolute atomic E-state index is 3.67. The molecule has 3 heteroatoms. The van der Waals surface area contributed by atoms with Gasteiger partial charge in [-0.05, 0) is 52.5 Å². The summed E-state index contributed by atoms with van der Waals surface area (Å²) in [7, 11) is 0. The van der Waals surface area contributed by atoms with Crippen LogP contribution >= 0.6 is 15.9 Å². The van der Waals surface area contributed by atoms with Crippen LogP contribution in [0.4, 0.5) is 0 Å². The molecule has 0 aliphatic carbocycles. The second-order valence-electron chi connectivity index (χ2n) is 6.04. The number of H-pyrrole nitrogens is 1. The molecule has 2 nitrogen and oxygen atoms in total. The molecule has 0 fully saturated rings. The van der Waals surface area contributed by atoms with E-state index in [2.05, 4.69) is 74.3 Å². The smallest absolute Gasteiger partial charge is 0.0603 e. The summed E-state index contributed by atoms with van der Waals surface area (Å²) >= 11 is 3.67. The quantitative estimate of drug-likeness (QED) is 0.694. The molecule has 3 aromatic rings. The summed E-state index contributed by atoms with van der Waals surface area (Å²) in [4.78, 5) is 6.20. The van der Waals surface area contributed by atoms with Gasteiger partial charge in [0, 0.05) is 28.6 Å². The zero-order valence-corrected chi connectivity index (χ0v) is 14.1. The number of hydrogen-bond donors (Lipinski definition) is 1. The Morgan fingerprint density at radius 2 is 1.91 bits per heavy atom. The first-order chi connectivity index (χ1) is 10.8. The minimum Gasteiger partial charge on any atom is -0.357 e. The number of nitrogens with one attached hydrogen (secondary N) is 1. The average Bonchev–Trinajstić information content (AvgIpc) is 2.76. The number of aromatic nitrogens is 1. The molecule has 0 amide bonds. The van der Waals surface area contributed by atoms with E-state index in [0.29, 0.717) is 0 Å². The molecule has 22 heavy (non-hydrogen) atoms. The zero-order chi connectivity index (χ0) is 14.9. The van der Waals surface area contributed by atoms with E-state index in [4.69, 9.17) is 0 Å². The Bertz CT molecular complexity index is 792. The molecule has 0 bridgehead atoms. The number of para-hydroxylation sites is 1. The van der Waals surface area contributed by atoms with E-state index in [0.717, 1.165) is 30.5 Å². The van der Waals surface area contributed by atoms with Crippen molar-refractivity contribution in [2.45, 2.75) is 25.9 Å². The van der Waals surface area contributed by atoms with Gasteiger partial charge in [0.2, 0.25) is 0 Å². The lowest BCUT2D eigenvalue weighted by molar-refractivity contribution is 0.262. The number of aromatic amines is 1. The van der Waals surface area contributed by atoms with Gasteiger partial charge in [0.15, 0.2) is 0 Å². The van der Waals surface area contributed by atoms with Crippen molar-refractivity contribution in [2.24, 2.45) is 0 Å². The Hall–Kier alpha value is -1.58. The summed E-state index contributed by atoms with van der Waals surface area (Å²) in [6.07, 6.45) is 2.35. The summed E-state index contributed by atoms with van der Waals surface area (Å²) in [5.74, 6) is 0. The van der Waals surface area contributed by atoms with Crippen molar-refractivity contribution in [1.29, 1.82) is 0 Å². The Labute approximate surface area is 139 Å². The van der Waals surface area contributed by atoms with E-state index in [9.17, 15) is 0 Å². The Morgan fingerprint density at radius 3 is 2.77 bits per heavy atom. The molecule has 112 valence electrons. The highest BCUT2D eigenvalue weighted by atomic mass is 79.9. The van der Waals surface area contributed by atoms with E-state index >= 15 is 0 Å². The number of fused-ring (bicyclic) bond motifs is 3. The second-order valence-corrected chi connectivity index (χ2v) is 6.90. The van der Waals surface area contributed by atoms with E-state index in [1.807, 2.05) is 0 Å². The second kappa shape index (κ2) is 5.90. The van der Waals surface area contributed by atoms with E-state index in [-0.39, 0.29) is 0 Å². The minimum absolute atomic E-state index is 1.03. The van der Waals surface area contributed by atoms with Gasteiger partial charge in [-0.15, -0.1) is 0 Å². The predicted molar refractivity (Wildman–Crippen MR) is 94.9 cm³/mol. The van der Waals surface area contributed by atoms with Gasteiger partial charge in [-0.2, -0.15) is 0 Å². The molecule has 2 heterocycles. The first-order valence-corrected chi connectivity index (χ1v) is 8.65. The maximum atomic E-state index is 3.67. The van der Waals surface area contributed by atoms with Crippen molar-refractivity contribution in [3.63, 3.8) is 0 Å². The number of hydrogen-bond acceptors (Lipinski definition) is 1. The van der Waals surface area contributed by atoms with Crippen LogP contribution in [0.5, 0.6) is 0 Å². The standard InChI is InChI=1S/C19H19BrN2/c20-17-9-4-8-15-16-13-22(12-14-6-2-1-3-7-14)11-5-10-18(16)21-19(15)17/h1-4,6-9,21H,5,10-13H2. The molecule has 0 saturated heterocycles. The van der Waals surface area contributed by atoms with E-state index < -0.39 is 0 Å².